The molecule has 340 valence electrons. The average molecular weight is 911 g/mol. The van der Waals surface area contributed by atoms with Gasteiger partial charge in [-0.2, -0.15) is 0 Å². The third-order valence-corrected chi connectivity index (χ3v) is 16.4. The highest BCUT2D eigenvalue weighted by atomic mass is 32.2. The van der Waals surface area contributed by atoms with Crippen molar-refractivity contribution >= 4 is 67.1 Å². The second-order valence-electron chi connectivity index (χ2n) is 18.5. The third-order valence-electron chi connectivity index (χ3n) is 13.4. The van der Waals surface area contributed by atoms with Crippen molar-refractivity contribution in [3.63, 3.8) is 0 Å². The van der Waals surface area contributed by atoms with Crippen LogP contribution in [0.4, 0.5) is 11.4 Å². The van der Waals surface area contributed by atoms with E-state index >= 15 is 4.79 Å². The Morgan fingerprint density at radius 3 is 2.44 bits per heavy atom. The largest absolute Gasteiger partial charge is 0.496 e. The summed E-state index contributed by atoms with van der Waals surface area (Å²) in [5.41, 5.74) is 3.12. The number of anilines is 2. The number of amides is 3. The summed E-state index contributed by atoms with van der Waals surface area (Å²) < 4.78 is 40.7. The maximum atomic E-state index is 15.1. The lowest BCUT2D eigenvalue weighted by Crippen LogP contribution is -2.49. The fraction of sp³-hybridized carbons (Fsp3) is 0.500. The number of rotatable bonds is 11. The van der Waals surface area contributed by atoms with Crippen LogP contribution in [-0.2, 0) is 29.2 Å². The standard InChI is InChI=1S/C48H58N6O8S2/c1-28(2)38-27-63-44(52-38)37-23-42(35-18-19-41(61-6)29(3)43(35)51-37)62-34-22-39-40(56)25-48(46(58)53-64(59,60)47(5)20-21-47)24-31(48)12-10-8-7-9-11-13-36(45(57)54(39)26-34)50-33-16-14-32(15-17-33)49-30(4)55/h10,12,14-19,23,27-28,31,34,36,39,50H,7-9,11,13,20-22,24-26H2,1-6H3,(H,49,55)(H,53,58)/b12-10-/t31-,34-,36+,39+,48-/m1/s1. The molecule has 16 heteroatoms. The Morgan fingerprint density at radius 2 is 1.75 bits per heavy atom. The number of thiazole rings is 1. The Kier molecular flexibility index (Phi) is 12.7. The summed E-state index contributed by atoms with van der Waals surface area (Å²) >= 11 is 1.50. The minimum Gasteiger partial charge on any atom is -0.496 e. The van der Waals surface area contributed by atoms with Gasteiger partial charge in [0.15, 0.2) is 5.78 Å². The first kappa shape index (κ1) is 45.2. The second-order valence-corrected chi connectivity index (χ2v) is 21.6. The molecule has 14 nitrogen and oxygen atoms in total. The fourth-order valence-corrected chi connectivity index (χ4v) is 11.3. The molecule has 4 aliphatic rings. The van der Waals surface area contributed by atoms with Gasteiger partial charge in [0, 0.05) is 53.5 Å². The van der Waals surface area contributed by atoms with Crippen LogP contribution in [0, 0.1) is 18.3 Å². The Morgan fingerprint density at radius 1 is 1.00 bits per heavy atom. The van der Waals surface area contributed by atoms with E-state index in [1.807, 2.05) is 42.7 Å². The topological polar surface area (TPSA) is 186 Å². The number of benzene rings is 2. The van der Waals surface area contributed by atoms with Gasteiger partial charge >= 0.3 is 0 Å². The quantitative estimate of drug-likeness (QED) is 0.124. The van der Waals surface area contributed by atoms with Crippen LogP contribution in [0.15, 0.2) is 60.0 Å². The monoisotopic (exact) mass is 910 g/mol. The number of fused-ring (bicyclic) bond motifs is 3. The number of allylic oxidation sites excluding steroid dienone is 2. The first-order chi connectivity index (χ1) is 30.5. The molecule has 4 heterocycles. The number of aryl methyl sites for hydroxylation is 1. The number of Topliss-reactive ketones (excluding diaryl/α,β-unsaturated/α-hetero) is 1. The summed E-state index contributed by atoms with van der Waals surface area (Å²) in [6.45, 7) is 9.27. The normalized spacial score (nSPS) is 25.1. The van der Waals surface area contributed by atoms with Gasteiger partial charge in [-0.25, -0.2) is 18.4 Å². The minimum absolute atomic E-state index is 0.0905. The van der Waals surface area contributed by atoms with Crippen molar-refractivity contribution in [2.75, 3.05) is 24.3 Å². The van der Waals surface area contributed by atoms with Crippen molar-refractivity contribution in [2.45, 2.75) is 128 Å². The van der Waals surface area contributed by atoms with E-state index in [1.165, 1.54) is 18.3 Å². The van der Waals surface area contributed by atoms with E-state index in [1.54, 1.807) is 43.2 Å². The number of aromatic nitrogens is 2. The van der Waals surface area contributed by atoms with E-state index in [4.69, 9.17) is 19.4 Å². The van der Waals surface area contributed by atoms with Gasteiger partial charge in [-0.15, -0.1) is 11.3 Å². The molecule has 2 aliphatic heterocycles. The van der Waals surface area contributed by atoms with E-state index in [-0.39, 0.29) is 48.8 Å². The minimum atomic E-state index is -3.96. The zero-order valence-corrected chi connectivity index (χ0v) is 39.0. The number of nitrogens with one attached hydrogen (secondary N) is 3. The van der Waals surface area contributed by atoms with E-state index in [9.17, 15) is 22.8 Å². The lowest BCUT2D eigenvalue weighted by atomic mass is 9.91. The van der Waals surface area contributed by atoms with Crippen LogP contribution in [0.5, 0.6) is 11.5 Å². The molecule has 2 saturated carbocycles. The van der Waals surface area contributed by atoms with Crippen LogP contribution < -0.4 is 24.8 Å². The first-order valence-electron chi connectivity index (χ1n) is 22.3. The van der Waals surface area contributed by atoms with Gasteiger partial charge < -0.3 is 25.0 Å². The highest BCUT2D eigenvalue weighted by Crippen LogP contribution is 2.57. The SMILES string of the molecule is COc1ccc2c(O[C@@H]3C[C@H]4C(=O)C[C@]5(C(=O)NS(=O)(=O)C6(C)CC6)C[C@H]5/C=C\CCCCC[C@H](Nc5ccc(NC(C)=O)cc5)C(=O)N4C3)cc(-c3nc(C(C)C)cs3)nc2c1C. The lowest BCUT2D eigenvalue weighted by Gasteiger charge is -2.30. The van der Waals surface area contributed by atoms with E-state index < -0.39 is 44.3 Å². The molecule has 1 saturated heterocycles. The van der Waals surface area contributed by atoms with Crippen LogP contribution in [0.3, 0.4) is 0 Å². The van der Waals surface area contributed by atoms with Crippen LogP contribution in [0.2, 0.25) is 0 Å². The highest BCUT2D eigenvalue weighted by Gasteiger charge is 2.62. The number of ether oxygens (including phenoxy) is 2. The van der Waals surface area contributed by atoms with E-state index in [2.05, 4.69) is 29.2 Å². The average Bonchev–Trinajstić information content (AvgIpc) is 4.03. The number of carbonyl (C=O) groups excluding carboxylic acids is 4. The van der Waals surface area contributed by atoms with Gasteiger partial charge in [-0.05, 0) is 101 Å². The van der Waals surface area contributed by atoms with Crippen LogP contribution in [0.1, 0.15) is 109 Å². The molecular weight excluding hydrogens is 853 g/mol. The van der Waals surface area contributed by atoms with Crippen LogP contribution in [0.25, 0.3) is 21.6 Å². The van der Waals surface area contributed by atoms with Gasteiger partial charge in [-0.3, -0.25) is 23.9 Å². The Labute approximate surface area is 379 Å². The predicted octanol–water partition coefficient (Wildman–Crippen LogP) is 8.07. The molecule has 0 bridgehead atoms. The summed E-state index contributed by atoms with van der Waals surface area (Å²) in [5.74, 6) is -0.358. The van der Waals surface area contributed by atoms with Crippen molar-refractivity contribution in [3.8, 4) is 22.2 Å². The number of pyridine rings is 1. The third kappa shape index (κ3) is 9.26. The number of nitrogens with zero attached hydrogens (tertiary/aromatic N) is 3. The number of hydrogen-bond donors (Lipinski definition) is 3. The second kappa shape index (κ2) is 17.9. The summed E-state index contributed by atoms with van der Waals surface area (Å²) in [6.07, 6.45) is 8.23. The molecule has 0 unspecified atom stereocenters. The van der Waals surface area contributed by atoms with Gasteiger partial charge in [0.1, 0.15) is 34.3 Å². The molecule has 2 aliphatic carbocycles. The number of hydrogen-bond acceptors (Lipinski definition) is 12. The fourth-order valence-electron chi connectivity index (χ4n) is 9.00. The van der Waals surface area contributed by atoms with E-state index in [0.717, 1.165) is 47.3 Å². The van der Waals surface area contributed by atoms with Crippen molar-refractivity contribution < 1.29 is 37.1 Å². The number of carbonyl (C=O) groups is 4. The van der Waals surface area contributed by atoms with Crippen molar-refractivity contribution in [2.24, 2.45) is 11.3 Å². The Hall–Kier alpha value is -5.35. The number of sulfonamides is 1. The van der Waals surface area contributed by atoms with Gasteiger partial charge in [0.25, 0.3) is 0 Å². The maximum Gasteiger partial charge on any atom is 0.245 e. The molecule has 8 rings (SSSR count). The molecule has 5 atom stereocenters. The highest BCUT2D eigenvalue weighted by molar-refractivity contribution is 7.91. The molecule has 2 aromatic carbocycles. The summed E-state index contributed by atoms with van der Waals surface area (Å²) in [4.78, 5) is 67.4. The smallest absolute Gasteiger partial charge is 0.245 e. The number of methoxy groups -OCH3 is 1. The Balaban J connectivity index is 1.15. The zero-order chi connectivity index (χ0) is 45.6. The van der Waals surface area contributed by atoms with Crippen LogP contribution >= 0.6 is 11.3 Å². The molecule has 3 amide bonds. The molecule has 2 aromatic heterocycles. The van der Waals surface area contributed by atoms with Crippen molar-refractivity contribution in [1.29, 1.82) is 0 Å². The van der Waals surface area contributed by atoms with E-state index in [0.29, 0.717) is 59.8 Å². The van der Waals surface area contributed by atoms with Gasteiger partial charge in [0.2, 0.25) is 27.7 Å². The molecule has 4 aromatic rings. The summed E-state index contributed by atoms with van der Waals surface area (Å²) in [6, 6.07) is 11.1. The van der Waals surface area contributed by atoms with Crippen molar-refractivity contribution in [1.82, 2.24) is 19.6 Å². The molecule has 3 N–H and O–H groups in total. The van der Waals surface area contributed by atoms with Gasteiger partial charge in [-0.1, -0.05) is 38.8 Å². The van der Waals surface area contributed by atoms with Crippen molar-refractivity contribution in [3.05, 3.63) is 71.3 Å². The zero-order valence-electron chi connectivity index (χ0n) is 37.4. The maximum absolute atomic E-state index is 15.1. The molecule has 3 fully saturated rings. The Bertz CT molecular complexity index is 2610. The molecule has 64 heavy (non-hydrogen) atoms. The number of ketones is 1. The van der Waals surface area contributed by atoms with Crippen LogP contribution in [-0.4, -0.2) is 83.4 Å². The summed E-state index contributed by atoms with van der Waals surface area (Å²) in [7, 11) is -2.35. The predicted molar refractivity (Wildman–Crippen MR) is 248 cm³/mol. The lowest BCUT2D eigenvalue weighted by molar-refractivity contribution is -0.139. The molecular formula is C48H58N6O8S2. The first-order valence-corrected chi connectivity index (χ1v) is 24.7. The summed E-state index contributed by atoms with van der Waals surface area (Å²) in [5, 5.41) is 9.70. The molecule has 0 radical (unpaired) electrons. The van der Waals surface area contributed by atoms with Gasteiger partial charge in [0.05, 0.1) is 41.1 Å². The molecule has 0 spiro atoms.